The van der Waals surface area contributed by atoms with Crippen LogP contribution in [0.4, 0.5) is 21.9 Å². The molecule has 0 radical (unpaired) electrons. The molecule has 2 N–H and O–H groups in total. The van der Waals surface area contributed by atoms with Crippen molar-refractivity contribution in [1.82, 2.24) is 9.80 Å². The monoisotopic (exact) mass is 479 g/mol. The third kappa shape index (κ3) is 6.10. The van der Waals surface area contributed by atoms with E-state index in [9.17, 15) is 14.4 Å². The number of methoxy groups -OCH3 is 1. The normalized spacial score (nSPS) is 15.8. The number of anilines is 3. The lowest BCUT2D eigenvalue weighted by molar-refractivity contribution is -0.119. The smallest absolute Gasteiger partial charge is 0.321 e. The van der Waals surface area contributed by atoms with Crippen LogP contribution in [0.15, 0.2) is 42.5 Å². The molecule has 4 rings (SSSR count). The summed E-state index contributed by atoms with van der Waals surface area (Å²) in [6, 6.07) is 13.0. The zero-order valence-electron chi connectivity index (χ0n) is 20.4. The van der Waals surface area contributed by atoms with Gasteiger partial charge in [-0.3, -0.25) is 9.59 Å². The van der Waals surface area contributed by atoms with E-state index in [0.29, 0.717) is 37.4 Å². The molecule has 0 spiro atoms. The molecule has 2 fully saturated rings. The minimum atomic E-state index is -0.270. The molecule has 0 unspecified atom stereocenters. The van der Waals surface area contributed by atoms with Crippen LogP contribution in [-0.4, -0.2) is 80.6 Å². The number of nitrogens with one attached hydrogen (secondary N) is 2. The first kappa shape index (κ1) is 24.5. The molecule has 0 bridgehead atoms. The number of rotatable bonds is 6. The second kappa shape index (κ2) is 11.2. The Bertz CT molecular complexity index is 1060. The summed E-state index contributed by atoms with van der Waals surface area (Å²) in [4.78, 5) is 43.9. The molecule has 0 aliphatic carbocycles. The number of likely N-dealkylation sites (tertiary alicyclic amines) is 1. The first-order valence-corrected chi connectivity index (χ1v) is 12.0. The Morgan fingerprint density at radius 1 is 0.829 bits per heavy atom. The van der Waals surface area contributed by atoms with Crippen LogP contribution >= 0.6 is 0 Å². The minimum absolute atomic E-state index is 0.0279. The summed E-state index contributed by atoms with van der Waals surface area (Å²) in [5, 5.41) is 5.75. The van der Waals surface area contributed by atoms with Crippen LogP contribution in [0.5, 0.6) is 0 Å². The van der Waals surface area contributed by atoms with Crippen LogP contribution in [0.2, 0.25) is 0 Å². The van der Waals surface area contributed by atoms with Gasteiger partial charge in [0.15, 0.2) is 0 Å². The van der Waals surface area contributed by atoms with Crippen molar-refractivity contribution >= 4 is 34.9 Å². The molecular formula is C26H33N5O4. The standard InChI is InChI=1S/C26H33N5O4/c1-19-5-7-20(8-6-19)28-26(34)31-15-13-29(14-16-31)23-10-9-21(27-24(32)18-35-2)17-22(23)25(33)30-11-3-4-12-30/h5-10,17H,3-4,11-16,18H2,1-2H3,(H,27,32)(H,28,34). The Balaban J connectivity index is 1.46. The molecule has 9 heteroatoms. The predicted molar refractivity (Wildman–Crippen MR) is 136 cm³/mol. The SMILES string of the molecule is COCC(=O)Nc1ccc(N2CCN(C(=O)Nc3ccc(C)cc3)CC2)c(C(=O)N2CCCC2)c1. The minimum Gasteiger partial charge on any atom is -0.375 e. The number of benzene rings is 2. The lowest BCUT2D eigenvalue weighted by Gasteiger charge is -2.37. The fourth-order valence-electron chi connectivity index (χ4n) is 4.47. The van der Waals surface area contributed by atoms with Gasteiger partial charge in [-0.25, -0.2) is 4.79 Å². The summed E-state index contributed by atoms with van der Waals surface area (Å²) in [6.07, 6.45) is 2.00. The lowest BCUT2D eigenvalue weighted by Crippen LogP contribution is -2.50. The Morgan fingerprint density at radius 2 is 1.49 bits per heavy atom. The van der Waals surface area contributed by atoms with E-state index in [1.807, 2.05) is 42.2 Å². The van der Waals surface area contributed by atoms with Crippen LogP contribution in [0, 0.1) is 6.92 Å². The maximum absolute atomic E-state index is 13.4. The van der Waals surface area contributed by atoms with E-state index in [2.05, 4.69) is 15.5 Å². The fraction of sp³-hybridized carbons (Fsp3) is 0.423. The summed E-state index contributed by atoms with van der Waals surface area (Å²) in [7, 11) is 1.46. The van der Waals surface area contributed by atoms with Crippen LogP contribution in [-0.2, 0) is 9.53 Å². The molecule has 0 aromatic heterocycles. The van der Waals surface area contributed by atoms with Gasteiger partial charge >= 0.3 is 6.03 Å². The van der Waals surface area contributed by atoms with Crippen molar-refractivity contribution in [3.63, 3.8) is 0 Å². The number of piperazine rings is 1. The van der Waals surface area contributed by atoms with Gasteiger partial charge in [0.05, 0.1) is 5.56 Å². The van der Waals surface area contributed by atoms with Gasteiger partial charge in [0, 0.05) is 63.4 Å². The summed E-state index contributed by atoms with van der Waals surface area (Å²) in [6.45, 7) is 5.74. The highest BCUT2D eigenvalue weighted by Gasteiger charge is 2.27. The van der Waals surface area contributed by atoms with Crippen molar-refractivity contribution in [1.29, 1.82) is 0 Å². The molecule has 2 aromatic rings. The first-order valence-electron chi connectivity index (χ1n) is 12.0. The second-order valence-corrected chi connectivity index (χ2v) is 8.98. The Kier molecular flexibility index (Phi) is 7.87. The van der Waals surface area contributed by atoms with Crippen LogP contribution in [0.1, 0.15) is 28.8 Å². The number of ether oxygens (including phenoxy) is 1. The molecule has 4 amide bonds. The first-order chi connectivity index (χ1) is 16.9. The number of carbonyl (C=O) groups is 3. The van der Waals surface area contributed by atoms with Crippen molar-refractivity contribution in [2.24, 2.45) is 0 Å². The highest BCUT2D eigenvalue weighted by atomic mass is 16.5. The van der Waals surface area contributed by atoms with Gasteiger partial charge in [0.25, 0.3) is 5.91 Å². The van der Waals surface area contributed by atoms with E-state index in [-0.39, 0.29) is 24.5 Å². The molecular weight excluding hydrogens is 446 g/mol. The number of aryl methyl sites for hydroxylation is 1. The number of nitrogens with zero attached hydrogens (tertiary/aromatic N) is 3. The van der Waals surface area contributed by atoms with Gasteiger partial charge in [-0.1, -0.05) is 17.7 Å². The number of hydrogen-bond donors (Lipinski definition) is 2. The molecule has 2 aromatic carbocycles. The maximum Gasteiger partial charge on any atom is 0.321 e. The molecule has 0 saturated carbocycles. The molecule has 2 saturated heterocycles. The Morgan fingerprint density at radius 3 is 2.14 bits per heavy atom. The number of urea groups is 1. The number of carbonyl (C=O) groups excluding carboxylic acids is 3. The van der Waals surface area contributed by atoms with Crippen LogP contribution < -0.4 is 15.5 Å². The van der Waals surface area contributed by atoms with E-state index < -0.39 is 0 Å². The molecule has 2 heterocycles. The Labute approximate surface area is 206 Å². The van der Waals surface area contributed by atoms with Gasteiger partial charge in [0.2, 0.25) is 5.91 Å². The zero-order chi connectivity index (χ0) is 24.8. The van der Waals surface area contributed by atoms with Crippen molar-refractivity contribution in [3.8, 4) is 0 Å². The molecule has 0 atom stereocenters. The third-order valence-electron chi connectivity index (χ3n) is 6.39. The molecule has 35 heavy (non-hydrogen) atoms. The molecule has 2 aliphatic rings. The molecule has 9 nitrogen and oxygen atoms in total. The highest BCUT2D eigenvalue weighted by molar-refractivity contribution is 6.02. The topological polar surface area (TPSA) is 94.2 Å². The van der Waals surface area contributed by atoms with Crippen molar-refractivity contribution < 1.29 is 19.1 Å². The van der Waals surface area contributed by atoms with Crippen LogP contribution in [0.25, 0.3) is 0 Å². The zero-order valence-corrected chi connectivity index (χ0v) is 20.4. The molecule has 186 valence electrons. The van der Waals surface area contributed by atoms with Crippen molar-refractivity contribution in [3.05, 3.63) is 53.6 Å². The van der Waals surface area contributed by atoms with E-state index in [1.165, 1.54) is 7.11 Å². The highest BCUT2D eigenvalue weighted by Crippen LogP contribution is 2.28. The van der Waals surface area contributed by atoms with E-state index in [1.54, 1.807) is 17.0 Å². The fourth-order valence-corrected chi connectivity index (χ4v) is 4.47. The van der Waals surface area contributed by atoms with E-state index >= 15 is 0 Å². The maximum atomic E-state index is 13.4. The van der Waals surface area contributed by atoms with Crippen molar-refractivity contribution in [2.75, 3.05) is 68.5 Å². The summed E-state index contributed by atoms with van der Waals surface area (Å²) in [5.74, 6) is -0.298. The summed E-state index contributed by atoms with van der Waals surface area (Å²) < 4.78 is 4.89. The number of hydrogen-bond acceptors (Lipinski definition) is 5. The van der Waals surface area contributed by atoms with E-state index in [0.717, 1.165) is 42.9 Å². The average Bonchev–Trinajstić information content (AvgIpc) is 3.40. The third-order valence-corrected chi connectivity index (χ3v) is 6.39. The lowest BCUT2D eigenvalue weighted by atomic mass is 10.1. The van der Waals surface area contributed by atoms with Crippen molar-refractivity contribution in [2.45, 2.75) is 19.8 Å². The number of amides is 4. The quantitative estimate of drug-likeness (QED) is 0.664. The largest absolute Gasteiger partial charge is 0.375 e. The summed E-state index contributed by atoms with van der Waals surface area (Å²) in [5.41, 5.74) is 3.87. The summed E-state index contributed by atoms with van der Waals surface area (Å²) >= 11 is 0. The molecule has 2 aliphatic heterocycles. The van der Waals surface area contributed by atoms with Gasteiger partial charge in [-0.15, -0.1) is 0 Å². The Hall–Kier alpha value is -3.59. The van der Waals surface area contributed by atoms with Gasteiger partial charge in [0.1, 0.15) is 6.61 Å². The average molecular weight is 480 g/mol. The van der Waals surface area contributed by atoms with Crippen LogP contribution in [0.3, 0.4) is 0 Å². The second-order valence-electron chi connectivity index (χ2n) is 8.98. The predicted octanol–water partition coefficient (Wildman–Crippen LogP) is 3.17. The van der Waals surface area contributed by atoms with E-state index in [4.69, 9.17) is 4.74 Å². The van der Waals surface area contributed by atoms with Gasteiger partial charge in [-0.2, -0.15) is 0 Å². The van der Waals surface area contributed by atoms with Gasteiger partial charge in [-0.05, 0) is 50.1 Å². The van der Waals surface area contributed by atoms with Gasteiger partial charge < -0.3 is 30.1 Å².